The number of tetrazole rings is 1. The van der Waals surface area contributed by atoms with Gasteiger partial charge in [-0.1, -0.05) is 73.1 Å². The van der Waals surface area contributed by atoms with Crippen LogP contribution < -0.4 is 5.56 Å². The van der Waals surface area contributed by atoms with Crippen LogP contribution in [0.3, 0.4) is 0 Å². The highest BCUT2D eigenvalue weighted by molar-refractivity contribution is 6.31. The Labute approximate surface area is 242 Å². The highest BCUT2D eigenvalue weighted by atomic mass is 35.5. The zero-order valence-electron chi connectivity index (χ0n) is 22.6. The molecule has 206 valence electrons. The van der Waals surface area contributed by atoms with E-state index < -0.39 is 6.04 Å². The van der Waals surface area contributed by atoms with Crippen LogP contribution in [0, 0.1) is 0 Å². The number of benzene rings is 3. The zero-order chi connectivity index (χ0) is 28.2. The summed E-state index contributed by atoms with van der Waals surface area (Å²) >= 11 is 6.66. The van der Waals surface area contributed by atoms with Crippen molar-refractivity contribution in [3.63, 3.8) is 0 Å². The molecule has 9 heteroatoms. The van der Waals surface area contributed by atoms with Crippen LogP contribution in [0.25, 0.3) is 10.9 Å². The van der Waals surface area contributed by atoms with E-state index in [2.05, 4.69) is 50.5 Å². The maximum atomic E-state index is 13.8. The Morgan fingerprint density at radius 3 is 2.56 bits per heavy atom. The van der Waals surface area contributed by atoms with Crippen LogP contribution in [0.2, 0.25) is 5.02 Å². The van der Waals surface area contributed by atoms with Gasteiger partial charge in [-0.05, 0) is 75.3 Å². The van der Waals surface area contributed by atoms with Gasteiger partial charge in [0.15, 0.2) is 5.82 Å². The molecule has 1 unspecified atom stereocenters. The Kier molecular flexibility index (Phi) is 7.75. The Balaban J connectivity index is 1.54. The number of rotatable bonds is 10. The predicted molar refractivity (Wildman–Crippen MR) is 159 cm³/mol. The van der Waals surface area contributed by atoms with Gasteiger partial charge in [0.05, 0.1) is 6.26 Å². The lowest BCUT2D eigenvalue weighted by atomic mass is 10.00. The minimum atomic E-state index is -0.602. The number of halogens is 1. The normalized spacial score (nSPS) is 12.3. The first-order valence-electron chi connectivity index (χ1n) is 13.5. The molecule has 0 aliphatic heterocycles. The summed E-state index contributed by atoms with van der Waals surface area (Å²) < 4.78 is 7.30. The minimum Gasteiger partial charge on any atom is -0.467 e. The van der Waals surface area contributed by atoms with Crippen molar-refractivity contribution in [1.29, 1.82) is 0 Å². The van der Waals surface area contributed by atoms with Crippen LogP contribution in [0.4, 0.5) is 0 Å². The smallest absolute Gasteiger partial charge is 0.253 e. The second kappa shape index (κ2) is 11.9. The fourth-order valence-corrected chi connectivity index (χ4v) is 5.36. The van der Waals surface area contributed by atoms with Gasteiger partial charge in [-0.2, -0.15) is 0 Å². The molecule has 0 amide bonds. The maximum Gasteiger partial charge on any atom is 0.253 e. The number of nitrogens with zero attached hydrogens (tertiary/aromatic N) is 5. The number of furan rings is 1. The van der Waals surface area contributed by atoms with Gasteiger partial charge in [0.1, 0.15) is 18.3 Å². The van der Waals surface area contributed by atoms with Gasteiger partial charge in [0, 0.05) is 29.2 Å². The number of fused-ring (bicyclic) bond motifs is 1. The van der Waals surface area contributed by atoms with Crippen molar-refractivity contribution in [2.45, 2.75) is 39.0 Å². The third-order valence-corrected chi connectivity index (χ3v) is 7.62. The summed E-state index contributed by atoms with van der Waals surface area (Å²) in [7, 11) is 0. The van der Waals surface area contributed by atoms with E-state index in [0.717, 1.165) is 28.5 Å². The average molecular weight is 565 g/mol. The molecule has 1 atom stereocenters. The molecular formula is C32H29ClN6O2. The number of aryl methyl sites for hydroxylation is 1. The summed E-state index contributed by atoms with van der Waals surface area (Å²) in [6, 6.07) is 29.1. The summed E-state index contributed by atoms with van der Waals surface area (Å²) in [5, 5.41) is 14.4. The largest absolute Gasteiger partial charge is 0.467 e. The molecule has 0 bridgehead atoms. The fourth-order valence-electron chi connectivity index (χ4n) is 5.17. The van der Waals surface area contributed by atoms with E-state index in [1.54, 1.807) is 10.9 Å². The third kappa shape index (κ3) is 5.84. The summed E-state index contributed by atoms with van der Waals surface area (Å²) in [6.07, 6.45) is 2.51. The number of hydrogen-bond donors (Lipinski definition) is 1. The van der Waals surface area contributed by atoms with Gasteiger partial charge < -0.3 is 9.40 Å². The second-order valence-corrected chi connectivity index (χ2v) is 10.4. The topological polar surface area (TPSA) is 92.8 Å². The quantitative estimate of drug-likeness (QED) is 0.214. The maximum absolute atomic E-state index is 13.8. The summed E-state index contributed by atoms with van der Waals surface area (Å²) in [4.78, 5) is 19.1. The van der Waals surface area contributed by atoms with Gasteiger partial charge in [0.2, 0.25) is 0 Å². The van der Waals surface area contributed by atoms with Gasteiger partial charge in [-0.3, -0.25) is 9.69 Å². The molecule has 1 N–H and O–H groups in total. The molecule has 3 aromatic heterocycles. The van der Waals surface area contributed by atoms with Crippen molar-refractivity contribution in [1.82, 2.24) is 30.1 Å². The molecular weight excluding hydrogens is 536 g/mol. The second-order valence-electron chi connectivity index (χ2n) is 9.99. The molecule has 0 aliphatic carbocycles. The lowest BCUT2D eigenvalue weighted by molar-refractivity contribution is 0.193. The number of aromatic nitrogens is 5. The molecule has 0 fully saturated rings. The molecule has 3 aromatic carbocycles. The molecule has 3 heterocycles. The van der Waals surface area contributed by atoms with Crippen molar-refractivity contribution in [3.05, 3.63) is 146 Å². The van der Waals surface area contributed by atoms with Crippen LogP contribution >= 0.6 is 11.6 Å². The molecule has 0 radical (unpaired) electrons. The van der Waals surface area contributed by atoms with Gasteiger partial charge in [-0.15, -0.1) is 5.10 Å². The van der Waals surface area contributed by atoms with Crippen molar-refractivity contribution in [3.8, 4) is 0 Å². The van der Waals surface area contributed by atoms with E-state index in [1.807, 2.05) is 72.8 Å². The Bertz CT molecular complexity index is 1810. The van der Waals surface area contributed by atoms with E-state index in [1.165, 1.54) is 5.56 Å². The van der Waals surface area contributed by atoms with E-state index >= 15 is 0 Å². The van der Waals surface area contributed by atoms with Crippen LogP contribution in [0.15, 0.2) is 106 Å². The lowest BCUT2D eigenvalue weighted by Gasteiger charge is -2.31. The average Bonchev–Trinajstić information content (AvgIpc) is 3.68. The van der Waals surface area contributed by atoms with Crippen LogP contribution in [-0.2, 0) is 26.1 Å². The number of pyridine rings is 1. The first-order valence-corrected chi connectivity index (χ1v) is 13.9. The lowest BCUT2D eigenvalue weighted by Crippen LogP contribution is -2.35. The molecule has 0 aliphatic rings. The molecule has 0 saturated heterocycles. The number of nitrogens with one attached hydrogen (secondary N) is 1. The van der Waals surface area contributed by atoms with E-state index in [0.29, 0.717) is 41.8 Å². The first kappa shape index (κ1) is 26.7. The molecule has 6 rings (SSSR count). The van der Waals surface area contributed by atoms with Crippen molar-refractivity contribution < 1.29 is 4.42 Å². The van der Waals surface area contributed by atoms with Gasteiger partial charge in [0.25, 0.3) is 5.56 Å². The summed E-state index contributed by atoms with van der Waals surface area (Å²) in [5.41, 5.74) is 4.34. The molecule has 8 nitrogen and oxygen atoms in total. The molecule has 6 aromatic rings. The number of aromatic amines is 1. The van der Waals surface area contributed by atoms with Crippen LogP contribution in [0.5, 0.6) is 0 Å². The Morgan fingerprint density at radius 2 is 1.78 bits per heavy atom. The van der Waals surface area contributed by atoms with Crippen molar-refractivity contribution >= 4 is 22.5 Å². The predicted octanol–water partition coefficient (Wildman–Crippen LogP) is 6.16. The molecule has 0 spiro atoms. The fraction of sp³-hybridized carbons (Fsp3) is 0.188. The summed E-state index contributed by atoms with van der Waals surface area (Å²) in [6.45, 7) is 3.42. The molecule has 0 saturated carbocycles. The highest BCUT2D eigenvalue weighted by Crippen LogP contribution is 2.32. The van der Waals surface area contributed by atoms with Crippen molar-refractivity contribution in [2.75, 3.05) is 0 Å². The Morgan fingerprint density at radius 1 is 0.951 bits per heavy atom. The zero-order valence-corrected chi connectivity index (χ0v) is 23.3. The monoisotopic (exact) mass is 564 g/mol. The SMILES string of the molecule is CCc1ccc2[nH]c(=O)c(C(c3nnnn3Cc3ccco3)N(Cc3ccccc3)Cc3ccccc3Cl)cc2c1. The Hall–Kier alpha value is -4.53. The van der Waals surface area contributed by atoms with E-state index in [9.17, 15) is 4.79 Å². The summed E-state index contributed by atoms with van der Waals surface area (Å²) in [5.74, 6) is 1.24. The van der Waals surface area contributed by atoms with Crippen LogP contribution in [0.1, 0.15) is 46.8 Å². The van der Waals surface area contributed by atoms with Crippen LogP contribution in [-0.4, -0.2) is 30.1 Å². The van der Waals surface area contributed by atoms with Crippen molar-refractivity contribution in [2.24, 2.45) is 0 Å². The third-order valence-electron chi connectivity index (χ3n) is 7.25. The van der Waals surface area contributed by atoms with Gasteiger partial charge in [-0.25, -0.2) is 4.68 Å². The standard InChI is InChI=1S/C32H29ClN6O2/c1-2-22-14-15-29-25(17-22)18-27(32(40)34-29)30(31-35-36-37-39(31)21-26-12-8-16-41-26)38(19-23-9-4-3-5-10-23)20-24-11-6-7-13-28(24)33/h3-18,30H,2,19-21H2,1H3,(H,34,40). The molecule has 41 heavy (non-hydrogen) atoms. The highest BCUT2D eigenvalue weighted by Gasteiger charge is 2.31. The number of H-pyrrole nitrogens is 1. The van der Waals surface area contributed by atoms with Gasteiger partial charge >= 0.3 is 0 Å². The van der Waals surface area contributed by atoms with E-state index in [4.69, 9.17) is 16.0 Å². The first-order chi connectivity index (χ1) is 20.1. The minimum absolute atomic E-state index is 0.198. The van der Waals surface area contributed by atoms with E-state index in [-0.39, 0.29) is 5.56 Å². The number of hydrogen-bond acceptors (Lipinski definition) is 6.